The third kappa shape index (κ3) is 2.18. The normalized spacial score (nSPS) is 17.0. The molecule has 114 valence electrons. The fraction of sp³-hybridized carbons (Fsp3) is 0.188. The van der Waals surface area contributed by atoms with Crippen molar-refractivity contribution in [2.45, 2.75) is 19.4 Å². The van der Waals surface area contributed by atoms with Gasteiger partial charge in [0.1, 0.15) is 40.4 Å². The van der Waals surface area contributed by atoms with Crippen LogP contribution < -0.4 is 4.74 Å². The number of hydrogen-bond donors (Lipinski definition) is 4. The van der Waals surface area contributed by atoms with Gasteiger partial charge in [-0.2, -0.15) is 0 Å². The van der Waals surface area contributed by atoms with Crippen LogP contribution >= 0.6 is 0 Å². The molecule has 3 rings (SSSR count). The number of benzene rings is 2. The van der Waals surface area contributed by atoms with Crippen molar-refractivity contribution < 1.29 is 30.0 Å². The molecule has 1 aliphatic rings. The van der Waals surface area contributed by atoms with Gasteiger partial charge in [-0.3, -0.25) is 4.79 Å². The summed E-state index contributed by atoms with van der Waals surface area (Å²) in [4.78, 5) is 12.3. The lowest BCUT2D eigenvalue weighted by molar-refractivity contribution is 0.0843. The highest BCUT2D eigenvalue weighted by Gasteiger charge is 2.32. The number of fused-ring (bicyclic) bond motifs is 1. The molecule has 6 nitrogen and oxygen atoms in total. The molecule has 0 saturated heterocycles. The lowest BCUT2D eigenvalue weighted by Gasteiger charge is -2.27. The summed E-state index contributed by atoms with van der Waals surface area (Å²) in [5, 5.41) is 38.8. The summed E-state index contributed by atoms with van der Waals surface area (Å²) in [6, 6.07) is 5.22. The predicted molar refractivity (Wildman–Crippen MR) is 76.6 cm³/mol. The molecule has 1 atom stereocenters. The third-order valence-corrected chi connectivity index (χ3v) is 3.71. The molecule has 0 amide bonds. The molecule has 0 spiro atoms. The Morgan fingerprint density at radius 1 is 1.05 bits per heavy atom. The van der Waals surface area contributed by atoms with Crippen molar-refractivity contribution in [2.24, 2.45) is 0 Å². The number of rotatable bonds is 1. The van der Waals surface area contributed by atoms with Gasteiger partial charge in [-0.15, -0.1) is 0 Å². The summed E-state index contributed by atoms with van der Waals surface area (Å²) in [6.07, 6.45) is -0.771. The average Bonchev–Trinajstić information content (AvgIpc) is 2.43. The van der Waals surface area contributed by atoms with Crippen LogP contribution in [-0.2, 0) is 0 Å². The van der Waals surface area contributed by atoms with E-state index in [9.17, 15) is 25.2 Å². The van der Waals surface area contributed by atoms with E-state index < -0.39 is 6.10 Å². The Morgan fingerprint density at radius 2 is 1.68 bits per heavy atom. The largest absolute Gasteiger partial charge is 0.508 e. The van der Waals surface area contributed by atoms with Crippen LogP contribution in [0.1, 0.15) is 34.0 Å². The molecule has 0 radical (unpaired) electrons. The zero-order chi connectivity index (χ0) is 16.0. The maximum Gasteiger partial charge on any atom is 0.174 e. The first kappa shape index (κ1) is 14.1. The molecule has 22 heavy (non-hydrogen) atoms. The third-order valence-electron chi connectivity index (χ3n) is 3.71. The van der Waals surface area contributed by atoms with Crippen LogP contribution in [0.15, 0.2) is 24.3 Å². The number of ether oxygens (including phenoxy) is 1. The van der Waals surface area contributed by atoms with Gasteiger partial charge in [-0.1, -0.05) is 0 Å². The molecule has 4 N–H and O–H groups in total. The van der Waals surface area contributed by atoms with Gasteiger partial charge in [0.2, 0.25) is 0 Å². The molecule has 0 fully saturated rings. The quantitative estimate of drug-likeness (QED) is 0.645. The van der Waals surface area contributed by atoms with Crippen molar-refractivity contribution in [3.05, 3.63) is 41.0 Å². The fourth-order valence-electron chi connectivity index (χ4n) is 2.55. The molecular weight excluding hydrogens is 288 g/mol. The topological polar surface area (TPSA) is 107 Å². The van der Waals surface area contributed by atoms with Crippen molar-refractivity contribution >= 4 is 5.78 Å². The number of aromatic hydroxyl groups is 4. The first-order valence-electron chi connectivity index (χ1n) is 6.65. The Bertz CT molecular complexity index is 760. The molecule has 0 aliphatic carbocycles. The maximum atomic E-state index is 12.3. The standard InChI is InChI=1S/C16H14O6/c1-7-11(19)5-14-15(16(7)21)12(20)6-13(22-14)8-2-9(17)4-10(18)3-8/h2-5,13,17-19,21H,6H2,1H3. The van der Waals surface area contributed by atoms with Crippen molar-refractivity contribution in [3.8, 4) is 28.7 Å². The van der Waals surface area contributed by atoms with E-state index in [0.717, 1.165) is 0 Å². The van der Waals surface area contributed by atoms with E-state index in [0.29, 0.717) is 5.56 Å². The van der Waals surface area contributed by atoms with Crippen molar-refractivity contribution in [1.82, 2.24) is 0 Å². The second-order valence-electron chi connectivity index (χ2n) is 5.26. The maximum absolute atomic E-state index is 12.3. The molecule has 1 unspecified atom stereocenters. The molecule has 0 aromatic heterocycles. The highest BCUT2D eigenvalue weighted by molar-refractivity contribution is 6.03. The highest BCUT2D eigenvalue weighted by atomic mass is 16.5. The summed E-state index contributed by atoms with van der Waals surface area (Å²) < 4.78 is 5.65. The van der Waals surface area contributed by atoms with Crippen molar-refractivity contribution in [2.75, 3.05) is 0 Å². The summed E-state index contributed by atoms with van der Waals surface area (Å²) >= 11 is 0. The minimum Gasteiger partial charge on any atom is -0.508 e. The van der Waals surface area contributed by atoms with Crippen LogP contribution in [0.5, 0.6) is 28.7 Å². The minimum absolute atomic E-state index is 0.0379. The lowest BCUT2D eigenvalue weighted by atomic mass is 9.94. The van der Waals surface area contributed by atoms with E-state index in [1.54, 1.807) is 0 Å². The van der Waals surface area contributed by atoms with Crippen LogP contribution in [0.2, 0.25) is 0 Å². The van der Waals surface area contributed by atoms with Gasteiger partial charge in [0, 0.05) is 23.3 Å². The monoisotopic (exact) mass is 302 g/mol. The van der Waals surface area contributed by atoms with Crippen LogP contribution in [0.3, 0.4) is 0 Å². The molecular formula is C16H14O6. The highest BCUT2D eigenvalue weighted by Crippen LogP contribution is 2.44. The van der Waals surface area contributed by atoms with E-state index >= 15 is 0 Å². The van der Waals surface area contributed by atoms with Gasteiger partial charge in [-0.05, 0) is 19.1 Å². The van der Waals surface area contributed by atoms with Crippen LogP contribution in [-0.4, -0.2) is 26.2 Å². The lowest BCUT2D eigenvalue weighted by Crippen LogP contribution is -2.20. The number of ketones is 1. The van der Waals surface area contributed by atoms with E-state index in [-0.39, 0.29) is 52.1 Å². The van der Waals surface area contributed by atoms with E-state index in [4.69, 9.17) is 4.74 Å². The number of phenols is 4. The second-order valence-corrected chi connectivity index (χ2v) is 5.26. The van der Waals surface area contributed by atoms with Crippen LogP contribution in [0, 0.1) is 6.92 Å². The Morgan fingerprint density at radius 3 is 2.32 bits per heavy atom. The molecule has 2 aromatic carbocycles. The zero-order valence-corrected chi connectivity index (χ0v) is 11.7. The van der Waals surface area contributed by atoms with Gasteiger partial charge < -0.3 is 25.2 Å². The molecule has 0 saturated carbocycles. The fourth-order valence-corrected chi connectivity index (χ4v) is 2.55. The van der Waals surface area contributed by atoms with Gasteiger partial charge >= 0.3 is 0 Å². The van der Waals surface area contributed by atoms with Gasteiger partial charge in [0.05, 0.1) is 6.42 Å². The first-order chi connectivity index (χ1) is 10.4. The molecule has 1 aliphatic heterocycles. The summed E-state index contributed by atoms with van der Waals surface area (Å²) in [5.74, 6) is -1.03. The minimum atomic E-state index is -0.723. The van der Waals surface area contributed by atoms with E-state index in [2.05, 4.69) is 0 Å². The van der Waals surface area contributed by atoms with Crippen LogP contribution in [0.25, 0.3) is 0 Å². The number of hydrogen-bond acceptors (Lipinski definition) is 6. The SMILES string of the molecule is Cc1c(O)cc2c(c1O)C(=O)CC(c1cc(O)cc(O)c1)O2. The van der Waals surface area contributed by atoms with Crippen molar-refractivity contribution in [1.29, 1.82) is 0 Å². The number of phenolic OH excluding ortho intramolecular Hbond substituents is 4. The zero-order valence-electron chi connectivity index (χ0n) is 11.7. The average molecular weight is 302 g/mol. The van der Waals surface area contributed by atoms with E-state index in [1.807, 2.05) is 0 Å². The predicted octanol–water partition coefficient (Wildman–Crippen LogP) is 2.52. The Balaban J connectivity index is 2.06. The smallest absolute Gasteiger partial charge is 0.174 e. The number of carbonyl (C=O) groups excluding carboxylic acids is 1. The number of carbonyl (C=O) groups is 1. The van der Waals surface area contributed by atoms with E-state index in [1.165, 1.54) is 31.2 Å². The molecule has 6 heteroatoms. The summed E-state index contributed by atoms with van der Waals surface area (Å²) in [6.45, 7) is 1.50. The number of Topliss-reactive ketones (excluding diaryl/α,β-unsaturated/α-hetero) is 1. The Hall–Kier alpha value is -2.89. The second kappa shape index (κ2) is 4.84. The van der Waals surface area contributed by atoms with Crippen molar-refractivity contribution in [3.63, 3.8) is 0 Å². The van der Waals surface area contributed by atoms with Gasteiger partial charge in [0.25, 0.3) is 0 Å². The van der Waals surface area contributed by atoms with Gasteiger partial charge in [-0.25, -0.2) is 0 Å². The van der Waals surface area contributed by atoms with Crippen LogP contribution in [0.4, 0.5) is 0 Å². The molecule has 2 aromatic rings. The Kier molecular flexibility index (Phi) is 3.09. The first-order valence-corrected chi connectivity index (χ1v) is 6.65. The summed E-state index contributed by atoms with van der Waals surface area (Å²) in [7, 11) is 0. The molecule has 1 heterocycles. The Labute approximate surface area is 125 Å². The molecule has 0 bridgehead atoms. The summed E-state index contributed by atoms with van der Waals surface area (Å²) in [5.41, 5.74) is 0.677. The van der Waals surface area contributed by atoms with Gasteiger partial charge in [0.15, 0.2) is 5.78 Å².